The highest BCUT2D eigenvalue weighted by Gasteiger charge is 2.53. The van der Waals surface area contributed by atoms with E-state index >= 15 is 0 Å². The number of hydrogen-bond donors (Lipinski definition) is 1. The van der Waals surface area contributed by atoms with E-state index in [1.807, 2.05) is 6.07 Å². The molecule has 0 amide bonds. The number of H-pyrrole nitrogens is 1. The Morgan fingerprint density at radius 3 is 2.90 bits per heavy atom. The third kappa shape index (κ3) is 2.67. The number of nitrogens with zero attached hydrogens (tertiary/aromatic N) is 1. The number of fused-ring (bicyclic) bond motifs is 7. The molecule has 1 aromatic heterocycles. The number of benzene rings is 2. The quantitative estimate of drug-likeness (QED) is 0.642. The normalized spacial score (nSPS) is 29.5. The van der Waals surface area contributed by atoms with Crippen LogP contribution in [0.3, 0.4) is 0 Å². The largest absolute Gasteiger partial charge is 0.489 e. The van der Waals surface area contributed by atoms with Crippen LogP contribution in [-0.4, -0.2) is 10.2 Å². The lowest BCUT2D eigenvalue weighted by molar-refractivity contribution is 0.103. The summed E-state index contributed by atoms with van der Waals surface area (Å²) < 4.78 is 6.10. The Kier molecular flexibility index (Phi) is 3.87. The fourth-order valence-corrected chi connectivity index (χ4v) is 6.59. The monoisotopic (exact) mass is 384 g/mol. The number of rotatable bonds is 3. The van der Waals surface area contributed by atoms with Crippen molar-refractivity contribution in [1.29, 1.82) is 0 Å². The van der Waals surface area contributed by atoms with Crippen LogP contribution in [0.5, 0.6) is 5.75 Å². The zero-order valence-corrected chi connectivity index (χ0v) is 17.0. The lowest BCUT2D eigenvalue weighted by Crippen LogP contribution is -2.43. The van der Waals surface area contributed by atoms with Gasteiger partial charge in [0.15, 0.2) is 0 Å². The van der Waals surface area contributed by atoms with Crippen molar-refractivity contribution >= 4 is 0 Å². The summed E-state index contributed by atoms with van der Waals surface area (Å²) in [6.07, 6.45) is 8.31. The molecule has 29 heavy (non-hydrogen) atoms. The first-order valence-electron chi connectivity index (χ1n) is 11.0. The Bertz CT molecular complexity index is 1040. The van der Waals surface area contributed by atoms with E-state index in [9.17, 15) is 0 Å². The summed E-state index contributed by atoms with van der Waals surface area (Å²) in [4.78, 5) is 0. The topological polar surface area (TPSA) is 37.9 Å². The number of aromatic nitrogens is 2. The summed E-state index contributed by atoms with van der Waals surface area (Å²) in [5.74, 6) is 3.26. The maximum atomic E-state index is 6.10. The van der Waals surface area contributed by atoms with Gasteiger partial charge in [-0.05, 0) is 84.2 Å². The Labute approximate surface area is 172 Å². The fraction of sp³-hybridized carbons (Fsp3) is 0.423. The third-order valence-electron chi connectivity index (χ3n) is 8.06. The minimum absolute atomic E-state index is 0.295. The number of nitrogens with one attached hydrogen (secondary N) is 1. The van der Waals surface area contributed by atoms with Crippen LogP contribution in [0.2, 0.25) is 0 Å². The van der Waals surface area contributed by atoms with E-state index in [2.05, 4.69) is 65.8 Å². The van der Waals surface area contributed by atoms with Gasteiger partial charge < -0.3 is 4.74 Å². The van der Waals surface area contributed by atoms with Crippen molar-refractivity contribution in [1.82, 2.24) is 10.2 Å². The number of hydrogen-bond acceptors (Lipinski definition) is 2. The molecule has 3 aliphatic rings. The highest BCUT2D eigenvalue weighted by molar-refractivity contribution is 5.43. The lowest BCUT2D eigenvalue weighted by atomic mass is 9.55. The molecule has 1 heterocycles. The van der Waals surface area contributed by atoms with Crippen molar-refractivity contribution in [2.24, 2.45) is 11.8 Å². The molecule has 0 bridgehead atoms. The highest BCUT2D eigenvalue weighted by Crippen LogP contribution is 2.59. The Morgan fingerprint density at radius 2 is 2.00 bits per heavy atom. The minimum Gasteiger partial charge on any atom is -0.489 e. The molecular weight excluding hydrogens is 356 g/mol. The molecule has 3 nitrogen and oxygen atoms in total. The van der Waals surface area contributed by atoms with Crippen LogP contribution in [-0.2, 0) is 24.9 Å². The molecule has 148 valence electrons. The molecule has 1 fully saturated rings. The van der Waals surface area contributed by atoms with Gasteiger partial charge in [0.2, 0.25) is 0 Å². The predicted molar refractivity (Wildman–Crippen MR) is 114 cm³/mol. The van der Waals surface area contributed by atoms with Crippen molar-refractivity contribution in [3.63, 3.8) is 0 Å². The van der Waals surface area contributed by atoms with E-state index in [0.29, 0.717) is 17.9 Å². The van der Waals surface area contributed by atoms with Crippen LogP contribution in [0.1, 0.15) is 60.1 Å². The van der Waals surface area contributed by atoms with Crippen LogP contribution in [0.15, 0.2) is 54.7 Å². The van der Waals surface area contributed by atoms with Crippen molar-refractivity contribution in [2.75, 3.05) is 0 Å². The van der Waals surface area contributed by atoms with E-state index in [1.54, 1.807) is 5.56 Å². The van der Waals surface area contributed by atoms with Crippen molar-refractivity contribution < 1.29 is 4.74 Å². The molecule has 0 saturated heterocycles. The zero-order chi connectivity index (χ0) is 19.4. The molecule has 0 aliphatic heterocycles. The Hall–Kier alpha value is -2.55. The molecule has 1 saturated carbocycles. The van der Waals surface area contributed by atoms with E-state index in [0.717, 1.165) is 17.6 Å². The number of aromatic amines is 1. The maximum absolute atomic E-state index is 6.10. The second kappa shape index (κ2) is 6.48. The van der Waals surface area contributed by atoms with Crippen molar-refractivity contribution in [3.05, 3.63) is 82.7 Å². The summed E-state index contributed by atoms with van der Waals surface area (Å²) in [5.41, 5.74) is 7.51. The Morgan fingerprint density at radius 1 is 1.10 bits per heavy atom. The van der Waals surface area contributed by atoms with Crippen LogP contribution >= 0.6 is 0 Å². The molecule has 0 spiro atoms. The predicted octanol–water partition coefficient (Wildman–Crippen LogP) is 5.56. The molecule has 0 unspecified atom stereocenters. The molecule has 4 atom stereocenters. The van der Waals surface area contributed by atoms with E-state index in [4.69, 9.17) is 4.74 Å². The van der Waals surface area contributed by atoms with Gasteiger partial charge in [0.25, 0.3) is 0 Å². The molecule has 6 rings (SSSR count). The minimum atomic E-state index is 0.295. The van der Waals surface area contributed by atoms with Gasteiger partial charge in [-0.25, -0.2) is 0 Å². The zero-order valence-electron chi connectivity index (χ0n) is 17.0. The molecular formula is C26H28N2O. The van der Waals surface area contributed by atoms with E-state index in [1.165, 1.54) is 54.5 Å². The number of aryl methyl sites for hydroxylation is 1. The van der Waals surface area contributed by atoms with E-state index in [-0.39, 0.29) is 0 Å². The molecule has 3 aliphatic carbocycles. The SMILES string of the molecule is C[C@]12CC[C@@H]3c4ccc(OCc5ccccc5)cc4CC[C@H]3[C@@H]1Cc1cn[nH]c12. The Balaban J connectivity index is 1.24. The van der Waals surface area contributed by atoms with Gasteiger partial charge in [-0.1, -0.05) is 43.3 Å². The van der Waals surface area contributed by atoms with Crippen LogP contribution in [0, 0.1) is 11.8 Å². The molecule has 3 aromatic rings. The smallest absolute Gasteiger partial charge is 0.120 e. The van der Waals surface area contributed by atoms with Crippen LogP contribution < -0.4 is 4.74 Å². The molecule has 0 radical (unpaired) electrons. The summed E-state index contributed by atoms with van der Waals surface area (Å²) in [6.45, 7) is 3.12. The van der Waals surface area contributed by atoms with Gasteiger partial charge in [0, 0.05) is 11.1 Å². The summed E-state index contributed by atoms with van der Waals surface area (Å²) in [7, 11) is 0. The maximum Gasteiger partial charge on any atom is 0.120 e. The summed E-state index contributed by atoms with van der Waals surface area (Å²) in [6, 6.07) is 17.3. The van der Waals surface area contributed by atoms with Gasteiger partial charge in [-0.15, -0.1) is 0 Å². The molecule has 3 heteroatoms. The second-order valence-electron chi connectivity index (χ2n) is 9.48. The standard InChI is InChI=1S/C26H28N2O/c1-26-12-11-22-21-10-8-20(29-16-17-5-3-2-4-6-17)13-18(21)7-9-23(22)24(26)14-19-15-27-28-25(19)26/h2-6,8,10,13,15,22-24H,7,9,11-12,14,16H2,1H3,(H,27,28)/t22-,23-,24+,26+/m1/s1. The van der Waals surface area contributed by atoms with Crippen LogP contribution in [0.25, 0.3) is 0 Å². The first kappa shape index (κ1) is 17.3. The highest BCUT2D eigenvalue weighted by atomic mass is 16.5. The first-order chi connectivity index (χ1) is 14.2. The summed E-state index contributed by atoms with van der Waals surface area (Å²) >= 11 is 0. The average Bonchev–Trinajstić information content (AvgIpc) is 3.33. The van der Waals surface area contributed by atoms with Gasteiger partial charge in [0.1, 0.15) is 12.4 Å². The van der Waals surface area contributed by atoms with Gasteiger partial charge in [-0.3, -0.25) is 5.10 Å². The molecule has 2 aromatic carbocycles. The van der Waals surface area contributed by atoms with E-state index < -0.39 is 0 Å². The van der Waals surface area contributed by atoms with Crippen LogP contribution in [0.4, 0.5) is 0 Å². The van der Waals surface area contributed by atoms with Crippen molar-refractivity contribution in [3.8, 4) is 5.75 Å². The van der Waals surface area contributed by atoms with Gasteiger partial charge in [0.05, 0.1) is 6.20 Å². The fourth-order valence-electron chi connectivity index (χ4n) is 6.59. The first-order valence-corrected chi connectivity index (χ1v) is 11.0. The second-order valence-corrected chi connectivity index (χ2v) is 9.48. The summed E-state index contributed by atoms with van der Waals surface area (Å²) in [5, 5.41) is 7.67. The van der Waals surface area contributed by atoms with Crippen molar-refractivity contribution in [2.45, 2.75) is 57.0 Å². The molecule has 1 N–H and O–H groups in total. The number of ether oxygens (including phenoxy) is 1. The third-order valence-corrected chi connectivity index (χ3v) is 8.06. The van der Waals surface area contributed by atoms with Gasteiger partial charge in [-0.2, -0.15) is 5.10 Å². The average molecular weight is 385 g/mol. The van der Waals surface area contributed by atoms with Gasteiger partial charge >= 0.3 is 0 Å². The lowest BCUT2D eigenvalue weighted by Gasteiger charge is -2.49.